The lowest BCUT2D eigenvalue weighted by molar-refractivity contribution is -0.168. The van der Waals surface area contributed by atoms with Crippen LogP contribution >= 0.6 is 11.6 Å². The van der Waals surface area contributed by atoms with Gasteiger partial charge in [0.15, 0.2) is 5.78 Å². The van der Waals surface area contributed by atoms with Crippen LogP contribution in [-0.2, 0) is 14.3 Å². The minimum atomic E-state index is -2.51. The van der Waals surface area contributed by atoms with Crippen molar-refractivity contribution < 1.29 is 18.7 Å². The quantitative estimate of drug-likeness (QED) is 0.556. The highest BCUT2D eigenvalue weighted by Crippen LogP contribution is 2.46. The number of esters is 1. The molecule has 0 heterocycles. The van der Waals surface area contributed by atoms with E-state index in [1.165, 1.54) is 12.2 Å². The topological polar surface area (TPSA) is 43.4 Å². The van der Waals surface area contributed by atoms with E-state index < -0.39 is 23.2 Å². The van der Waals surface area contributed by atoms with Crippen LogP contribution in [0, 0.1) is 0 Å². The molecule has 2 aromatic rings. The first kappa shape index (κ1) is 22.0. The average Bonchev–Trinajstić information content (AvgIpc) is 2.68. The monoisotopic (exact) mass is 426 g/mol. The molecule has 0 unspecified atom stereocenters. The largest absolute Gasteiger partial charge is 0.457 e. The number of hydrogen-bond acceptors (Lipinski definition) is 3. The molecule has 5 heteroatoms. The second-order valence-corrected chi connectivity index (χ2v) is 8.77. The first-order chi connectivity index (χ1) is 14.1. The van der Waals surface area contributed by atoms with Crippen LogP contribution in [0.4, 0.5) is 4.39 Å². The Bertz CT molecular complexity index is 987. The van der Waals surface area contributed by atoms with Crippen LogP contribution in [-0.4, -0.2) is 23.0 Å². The van der Waals surface area contributed by atoms with Gasteiger partial charge in [0, 0.05) is 22.9 Å². The maximum atomic E-state index is 16.7. The molecule has 3 nitrogen and oxygen atoms in total. The van der Waals surface area contributed by atoms with Crippen molar-refractivity contribution in [3.63, 3.8) is 0 Å². The third-order valence-electron chi connectivity index (χ3n) is 4.85. The van der Waals surface area contributed by atoms with Crippen molar-refractivity contribution in [2.24, 2.45) is 0 Å². The van der Waals surface area contributed by atoms with E-state index in [-0.39, 0.29) is 17.8 Å². The molecule has 0 N–H and O–H groups in total. The highest BCUT2D eigenvalue weighted by atomic mass is 35.5. The summed E-state index contributed by atoms with van der Waals surface area (Å²) in [6.45, 7) is 5.05. The molecule has 0 spiro atoms. The lowest BCUT2D eigenvalue weighted by atomic mass is 9.71. The van der Waals surface area contributed by atoms with Gasteiger partial charge in [-0.3, -0.25) is 4.79 Å². The van der Waals surface area contributed by atoms with Gasteiger partial charge in [0.05, 0.1) is 0 Å². The number of carbonyl (C=O) groups is 2. The summed E-state index contributed by atoms with van der Waals surface area (Å²) >= 11 is 5.97. The summed E-state index contributed by atoms with van der Waals surface area (Å²) in [5.41, 5.74) is -2.07. The van der Waals surface area contributed by atoms with Crippen LogP contribution in [0.2, 0.25) is 5.02 Å². The third kappa shape index (κ3) is 4.88. The molecule has 2 aromatic carbocycles. The van der Waals surface area contributed by atoms with Crippen molar-refractivity contribution in [1.29, 1.82) is 0 Å². The summed E-state index contributed by atoms with van der Waals surface area (Å²) in [6.07, 6.45) is 4.23. The van der Waals surface area contributed by atoms with Crippen LogP contribution in [0.15, 0.2) is 72.3 Å². The zero-order valence-electron chi connectivity index (χ0n) is 17.2. The van der Waals surface area contributed by atoms with Gasteiger partial charge in [-0.15, -0.1) is 0 Å². The van der Waals surface area contributed by atoms with Crippen molar-refractivity contribution in [1.82, 2.24) is 0 Å². The second kappa shape index (κ2) is 8.57. The van der Waals surface area contributed by atoms with Gasteiger partial charge in [0.1, 0.15) is 5.60 Å². The number of ether oxygens (including phenoxy) is 1. The Balaban J connectivity index is 2.09. The Morgan fingerprint density at radius 1 is 1.10 bits per heavy atom. The van der Waals surface area contributed by atoms with Gasteiger partial charge in [-0.1, -0.05) is 66.2 Å². The standard InChI is InChI=1S/C25H24ClFO3/c1-24(2,3)30-23(29)25(27)19(12-9-17-7-5-4-6-8-17)15-21(28)16-22(25)18-10-13-20(26)14-11-18/h4-15,22H,16H2,1-3H3/b12-9+/t22-,25+/m0/s1. The normalized spacial score (nSPS) is 22.1. The van der Waals surface area contributed by atoms with Gasteiger partial charge in [-0.05, 0) is 50.1 Å². The molecule has 30 heavy (non-hydrogen) atoms. The number of hydrogen-bond donors (Lipinski definition) is 0. The highest BCUT2D eigenvalue weighted by molar-refractivity contribution is 6.30. The fourth-order valence-corrected chi connectivity index (χ4v) is 3.58. The Morgan fingerprint density at radius 3 is 2.33 bits per heavy atom. The van der Waals surface area contributed by atoms with Crippen LogP contribution in [0.3, 0.4) is 0 Å². The van der Waals surface area contributed by atoms with Crippen LogP contribution in [0.25, 0.3) is 6.08 Å². The second-order valence-electron chi connectivity index (χ2n) is 8.33. The Hall–Kier alpha value is -2.72. The molecule has 2 atom stereocenters. The van der Waals surface area contributed by atoms with Crippen molar-refractivity contribution in [3.05, 3.63) is 88.5 Å². The smallest absolute Gasteiger partial charge is 0.349 e. The summed E-state index contributed by atoms with van der Waals surface area (Å²) in [7, 11) is 0. The van der Waals surface area contributed by atoms with Crippen LogP contribution in [0.1, 0.15) is 44.2 Å². The molecular weight excluding hydrogens is 403 g/mol. The van der Waals surface area contributed by atoms with E-state index in [1.807, 2.05) is 30.3 Å². The molecule has 0 radical (unpaired) electrons. The highest BCUT2D eigenvalue weighted by Gasteiger charge is 2.54. The molecule has 0 fully saturated rings. The lowest BCUT2D eigenvalue weighted by Crippen LogP contribution is -2.48. The first-order valence-corrected chi connectivity index (χ1v) is 10.1. The van der Waals surface area contributed by atoms with Crippen LogP contribution < -0.4 is 0 Å². The van der Waals surface area contributed by atoms with Crippen LogP contribution in [0.5, 0.6) is 0 Å². The van der Waals surface area contributed by atoms with Gasteiger partial charge in [0.2, 0.25) is 5.67 Å². The first-order valence-electron chi connectivity index (χ1n) is 9.75. The van der Waals surface area contributed by atoms with Gasteiger partial charge >= 0.3 is 5.97 Å². The minimum absolute atomic E-state index is 0.0168. The molecule has 3 rings (SSSR count). The molecular formula is C25H24ClFO3. The van der Waals surface area contributed by atoms with E-state index in [4.69, 9.17) is 16.3 Å². The zero-order valence-corrected chi connectivity index (χ0v) is 17.9. The van der Waals surface area contributed by atoms with Gasteiger partial charge < -0.3 is 4.74 Å². The fraction of sp³-hybridized carbons (Fsp3) is 0.280. The third-order valence-corrected chi connectivity index (χ3v) is 5.10. The molecule has 0 saturated carbocycles. The van der Waals surface area contributed by atoms with E-state index in [2.05, 4.69) is 0 Å². The van der Waals surface area contributed by atoms with E-state index >= 15 is 4.39 Å². The van der Waals surface area contributed by atoms with Crippen molar-refractivity contribution in [3.8, 4) is 0 Å². The molecule has 156 valence electrons. The van der Waals surface area contributed by atoms with Gasteiger partial charge in [0.25, 0.3) is 0 Å². The Kier molecular flexibility index (Phi) is 6.27. The molecule has 0 bridgehead atoms. The summed E-state index contributed by atoms with van der Waals surface area (Å²) in [5.74, 6) is -2.27. The predicted molar refractivity (Wildman–Crippen MR) is 117 cm³/mol. The van der Waals surface area contributed by atoms with Crippen molar-refractivity contribution in [2.45, 2.75) is 44.4 Å². The number of rotatable bonds is 4. The summed E-state index contributed by atoms with van der Waals surface area (Å²) < 4.78 is 22.2. The predicted octanol–water partition coefficient (Wildman–Crippen LogP) is 6.09. The number of allylic oxidation sites excluding steroid dienone is 2. The average molecular weight is 427 g/mol. The molecule has 0 aromatic heterocycles. The van der Waals surface area contributed by atoms with Crippen molar-refractivity contribution >= 4 is 29.4 Å². The SMILES string of the molecule is CC(C)(C)OC(=O)[C@@]1(F)C(/C=C/c2ccccc2)=CC(=O)C[C@H]1c1ccc(Cl)cc1. The number of ketones is 1. The number of benzene rings is 2. The van der Waals surface area contributed by atoms with Gasteiger partial charge in [-0.2, -0.15) is 0 Å². The van der Waals surface area contributed by atoms with E-state index in [0.717, 1.165) is 5.56 Å². The molecule has 0 aliphatic heterocycles. The number of halogens is 2. The molecule has 1 aliphatic carbocycles. The lowest BCUT2D eigenvalue weighted by Gasteiger charge is -2.37. The maximum Gasteiger partial charge on any atom is 0.349 e. The molecule has 1 aliphatic rings. The number of alkyl halides is 1. The van der Waals surface area contributed by atoms with E-state index in [9.17, 15) is 9.59 Å². The fourth-order valence-electron chi connectivity index (χ4n) is 3.46. The van der Waals surface area contributed by atoms with E-state index in [0.29, 0.717) is 10.6 Å². The molecule has 0 saturated heterocycles. The van der Waals surface area contributed by atoms with Gasteiger partial charge in [-0.25, -0.2) is 9.18 Å². The maximum absolute atomic E-state index is 16.7. The summed E-state index contributed by atoms with van der Waals surface area (Å²) in [6, 6.07) is 15.8. The zero-order chi connectivity index (χ0) is 21.9. The number of carbonyl (C=O) groups excluding carboxylic acids is 2. The van der Waals surface area contributed by atoms with Crippen molar-refractivity contribution in [2.75, 3.05) is 0 Å². The summed E-state index contributed by atoms with van der Waals surface area (Å²) in [4.78, 5) is 25.6. The minimum Gasteiger partial charge on any atom is -0.457 e. The Morgan fingerprint density at radius 2 is 1.73 bits per heavy atom. The Labute approximate surface area is 181 Å². The van der Waals surface area contributed by atoms with E-state index in [1.54, 1.807) is 51.1 Å². The summed E-state index contributed by atoms with van der Waals surface area (Å²) in [5, 5.41) is 0.488. The molecule has 0 amide bonds.